The molecule has 0 spiro atoms. The first-order valence-corrected chi connectivity index (χ1v) is 5.69. The predicted molar refractivity (Wildman–Crippen MR) is 71.1 cm³/mol. The van der Waals surface area contributed by atoms with E-state index < -0.39 is 0 Å². The second-order valence-corrected chi connectivity index (χ2v) is 4.51. The average molecular weight is 272 g/mol. The van der Waals surface area contributed by atoms with E-state index in [2.05, 4.69) is 4.74 Å². The summed E-state index contributed by atoms with van der Waals surface area (Å²) < 4.78 is 10.3. The van der Waals surface area contributed by atoms with Gasteiger partial charge in [-0.05, 0) is 18.9 Å². The lowest BCUT2D eigenvalue weighted by molar-refractivity contribution is -0.139. The molecule has 5 heteroatoms. The molecule has 18 heavy (non-hydrogen) atoms. The van der Waals surface area contributed by atoms with Crippen molar-refractivity contribution in [2.75, 3.05) is 13.7 Å². The molecule has 1 aromatic rings. The molecule has 1 fully saturated rings. The molecule has 1 saturated carbocycles. The minimum absolute atomic E-state index is 0. The number of esters is 1. The molecule has 0 amide bonds. The molecule has 0 saturated heterocycles. The minimum atomic E-state index is -0.269. The lowest BCUT2D eigenvalue weighted by Crippen LogP contribution is -2.30. The van der Waals surface area contributed by atoms with Crippen LogP contribution in [0, 0.1) is 0 Å². The van der Waals surface area contributed by atoms with Crippen molar-refractivity contribution < 1.29 is 14.3 Å². The monoisotopic (exact) mass is 271 g/mol. The highest BCUT2D eigenvalue weighted by molar-refractivity contribution is 5.85. The van der Waals surface area contributed by atoms with Gasteiger partial charge < -0.3 is 15.2 Å². The number of hydrogen-bond donors (Lipinski definition) is 1. The van der Waals surface area contributed by atoms with Crippen LogP contribution in [0.25, 0.3) is 0 Å². The van der Waals surface area contributed by atoms with Crippen LogP contribution in [-0.4, -0.2) is 25.2 Å². The fourth-order valence-corrected chi connectivity index (χ4v) is 1.54. The Bertz CT molecular complexity index is 418. The highest BCUT2D eigenvalue weighted by Gasteiger charge is 2.39. The van der Waals surface area contributed by atoms with Crippen molar-refractivity contribution in [1.82, 2.24) is 0 Å². The lowest BCUT2D eigenvalue weighted by Gasteiger charge is -2.14. The van der Waals surface area contributed by atoms with E-state index in [4.69, 9.17) is 10.5 Å². The Hall–Kier alpha value is -1.26. The quantitative estimate of drug-likeness (QED) is 0.828. The highest BCUT2D eigenvalue weighted by atomic mass is 35.5. The van der Waals surface area contributed by atoms with E-state index in [1.54, 1.807) is 0 Å². The second kappa shape index (κ2) is 6.07. The van der Waals surface area contributed by atoms with Gasteiger partial charge in [-0.25, -0.2) is 0 Å². The summed E-state index contributed by atoms with van der Waals surface area (Å²) in [4.78, 5) is 11.2. The van der Waals surface area contributed by atoms with E-state index in [0.29, 0.717) is 6.61 Å². The third-order valence-electron chi connectivity index (χ3n) is 2.94. The van der Waals surface area contributed by atoms with Gasteiger partial charge in [0.2, 0.25) is 0 Å². The van der Waals surface area contributed by atoms with Crippen LogP contribution >= 0.6 is 12.4 Å². The fraction of sp³-hybridized carbons (Fsp3) is 0.462. The molecule has 1 aliphatic rings. The molecular weight excluding hydrogens is 254 g/mol. The Morgan fingerprint density at radius 1 is 1.39 bits per heavy atom. The van der Waals surface area contributed by atoms with Gasteiger partial charge in [0.25, 0.3) is 0 Å². The molecule has 0 heterocycles. The fourth-order valence-electron chi connectivity index (χ4n) is 1.54. The normalized spacial score (nSPS) is 15.4. The highest BCUT2D eigenvalue weighted by Crippen LogP contribution is 2.33. The summed E-state index contributed by atoms with van der Waals surface area (Å²) in [5, 5.41) is 0. The molecule has 1 aliphatic carbocycles. The molecule has 0 atom stereocenters. The first-order valence-electron chi connectivity index (χ1n) is 5.69. The summed E-state index contributed by atoms with van der Waals surface area (Å²) in [7, 11) is 1.38. The number of halogens is 1. The molecule has 100 valence electrons. The van der Waals surface area contributed by atoms with Gasteiger partial charge in [-0.1, -0.05) is 18.2 Å². The van der Waals surface area contributed by atoms with Crippen LogP contribution in [0.1, 0.15) is 18.4 Å². The van der Waals surface area contributed by atoms with Gasteiger partial charge in [-0.15, -0.1) is 12.4 Å². The van der Waals surface area contributed by atoms with Gasteiger partial charge in [-0.3, -0.25) is 4.79 Å². The van der Waals surface area contributed by atoms with Gasteiger partial charge in [0.05, 0.1) is 19.1 Å². The summed E-state index contributed by atoms with van der Waals surface area (Å²) >= 11 is 0. The standard InChI is InChI=1S/C13H17NO3.ClH/c1-16-12(15)8-10-4-2-3-5-11(10)17-9-13(14)6-7-13;/h2-5H,6-9,14H2,1H3;1H. The number of nitrogens with two attached hydrogens (primary N) is 1. The van der Waals surface area contributed by atoms with E-state index in [0.717, 1.165) is 24.2 Å². The van der Waals surface area contributed by atoms with Gasteiger partial charge in [0.1, 0.15) is 12.4 Å². The Morgan fingerprint density at radius 3 is 2.67 bits per heavy atom. The molecule has 2 N–H and O–H groups in total. The number of methoxy groups -OCH3 is 1. The van der Waals surface area contributed by atoms with Crippen LogP contribution in [0.2, 0.25) is 0 Å². The topological polar surface area (TPSA) is 61.5 Å². The zero-order chi connectivity index (χ0) is 12.3. The van der Waals surface area contributed by atoms with Crippen molar-refractivity contribution in [2.45, 2.75) is 24.8 Å². The van der Waals surface area contributed by atoms with Crippen molar-refractivity contribution in [3.05, 3.63) is 29.8 Å². The van der Waals surface area contributed by atoms with Crippen LogP contribution in [0.3, 0.4) is 0 Å². The second-order valence-electron chi connectivity index (χ2n) is 4.51. The maximum atomic E-state index is 11.2. The maximum absolute atomic E-state index is 11.2. The summed E-state index contributed by atoms with van der Waals surface area (Å²) in [6.07, 6.45) is 2.24. The van der Waals surface area contributed by atoms with Crippen LogP contribution in [0.4, 0.5) is 0 Å². The zero-order valence-corrected chi connectivity index (χ0v) is 11.2. The summed E-state index contributed by atoms with van der Waals surface area (Å²) in [5.41, 5.74) is 6.64. The van der Waals surface area contributed by atoms with E-state index in [1.807, 2.05) is 24.3 Å². The van der Waals surface area contributed by atoms with Crippen LogP contribution < -0.4 is 10.5 Å². The molecule has 2 rings (SSSR count). The average Bonchev–Trinajstić information content (AvgIpc) is 3.07. The van der Waals surface area contributed by atoms with E-state index >= 15 is 0 Å². The number of carbonyl (C=O) groups is 1. The number of benzene rings is 1. The molecule has 0 radical (unpaired) electrons. The molecular formula is C13H18ClNO3. The van der Waals surface area contributed by atoms with Crippen molar-refractivity contribution in [3.8, 4) is 5.75 Å². The Kier molecular flexibility index (Phi) is 4.99. The van der Waals surface area contributed by atoms with Gasteiger partial charge >= 0.3 is 5.97 Å². The van der Waals surface area contributed by atoms with E-state index in [1.165, 1.54) is 7.11 Å². The Morgan fingerprint density at radius 2 is 2.06 bits per heavy atom. The summed E-state index contributed by atoms with van der Waals surface area (Å²) in [6.45, 7) is 0.505. The number of hydrogen-bond acceptors (Lipinski definition) is 4. The third-order valence-corrected chi connectivity index (χ3v) is 2.94. The third kappa shape index (κ3) is 3.89. The molecule has 4 nitrogen and oxygen atoms in total. The summed E-state index contributed by atoms with van der Waals surface area (Å²) in [6, 6.07) is 7.47. The van der Waals surface area contributed by atoms with Crippen molar-refractivity contribution in [3.63, 3.8) is 0 Å². The first-order chi connectivity index (χ1) is 8.13. The number of rotatable bonds is 5. The van der Waals surface area contributed by atoms with Gasteiger partial charge in [-0.2, -0.15) is 0 Å². The van der Waals surface area contributed by atoms with Crippen molar-refractivity contribution in [1.29, 1.82) is 0 Å². The molecule has 0 aliphatic heterocycles. The van der Waals surface area contributed by atoms with Gasteiger partial charge in [0.15, 0.2) is 0 Å². The van der Waals surface area contributed by atoms with Crippen molar-refractivity contribution >= 4 is 18.4 Å². The zero-order valence-electron chi connectivity index (χ0n) is 10.3. The predicted octanol–water partition coefficient (Wildman–Crippen LogP) is 1.69. The van der Waals surface area contributed by atoms with Crippen LogP contribution in [0.15, 0.2) is 24.3 Å². The molecule has 0 aromatic heterocycles. The Balaban J connectivity index is 0.00000162. The molecule has 0 unspecified atom stereocenters. The maximum Gasteiger partial charge on any atom is 0.310 e. The number of ether oxygens (including phenoxy) is 2. The van der Waals surface area contributed by atoms with E-state index in [9.17, 15) is 4.79 Å². The largest absolute Gasteiger partial charge is 0.491 e. The Labute approximate surface area is 113 Å². The first kappa shape index (κ1) is 14.8. The van der Waals surface area contributed by atoms with Crippen LogP contribution in [0.5, 0.6) is 5.75 Å². The lowest BCUT2D eigenvalue weighted by atomic mass is 10.1. The van der Waals surface area contributed by atoms with Crippen LogP contribution in [-0.2, 0) is 16.0 Å². The molecule has 1 aromatic carbocycles. The summed E-state index contributed by atoms with van der Waals surface area (Å²) in [5.74, 6) is 0.449. The molecule has 0 bridgehead atoms. The SMILES string of the molecule is COC(=O)Cc1ccccc1OCC1(N)CC1.Cl. The van der Waals surface area contributed by atoms with Gasteiger partial charge in [0, 0.05) is 5.56 Å². The smallest absolute Gasteiger partial charge is 0.310 e. The number of carbonyl (C=O) groups excluding carboxylic acids is 1. The number of para-hydroxylation sites is 1. The minimum Gasteiger partial charge on any atom is -0.491 e. The van der Waals surface area contributed by atoms with Crippen molar-refractivity contribution in [2.24, 2.45) is 5.73 Å². The van der Waals surface area contributed by atoms with E-state index in [-0.39, 0.29) is 30.3 Å².